The summed E-state index contributed by atoms with van der Waals surface area (Å²) in [5, 5.41) is 8.59. The molecule has 0 saturated carbocycles. The van der Waals surface area contributed by atoms with Crippen molar-refractivity contribution >= 4 is 17.2 Å². The van der Waals surface area contributed by atoms with E-state index in [0.29, 0.717) is 6.04 Å². The fraction of sp³-hybridized carbons (Fsp3) is 0.529. The van der Waals surface area contributed by atoms with E-state index in [-0.39, 0.29) is 6.10 Å². The molecule has 5 nitrogen and oxygen atoms in total. The number of hydrogen-bond acceptors (Lipinski definition) is 6. The van der Waals surface area contributed by atoms with Crippen molar-refractivity contribution in [1.82, 2.24) is 15.1 Å². The molecule has 2 saturated heterocycles. The summed E-state index contributed by atoms with van der Waals surface area (Å²) in [4.78, 5) is 7.69. The van der Waals surface area contributed by atoms with Crippen LogP contribution in [0.5, 0.6) is 0 Å². The summed E-state index contributed by atoms with van der Waals surface area (Å²) in [6.07, 6.45) is 0.271. The molecule has 0 N–H and O–H groups in total. The third kappa shape index (κ3) is 3.11. The van der Waals surface area contributed by atoms with Gasteiger partial charge in [0.1, 0.15) is 0 Å². The largest absolute Gasteiger partial charge is 0.373 e. The summed E-state index contributed by atoms with van der Waals surface area (Å²) in [5.41, 5.74) is 0.958. The zero-order valence-corrected chi connectivity index (χ0v) is 14.4. The van der Waals surface area contributed by atoms with Crippen LogP contribution in [0, 0.1) is 13.8 Å². The molecule has 2 aromatic rings. The Morgan fingerprint density at radius 2 is 2.09 bits per heavy atom. The van der Waals surface area contributed by atoms with E-state index in [0.717, 1.165) is 44.3 Å². The Hall–Kier alpha value is -1.50. The molecule has 2 aliphatic rings. The van der Waals surface area contributed by atoms with Crippen LogP contribution in [0.4, 0.5) is 5.82 Å². The molecular formula is C17H22N4OS. The van der Waals surface area contributed by atoms with Crippen molar-refractivity contribution < 1.29 is 4.74 Å². The number of aryl methyl sites for hydroxylation is 2. The Balaban J connectivity index is 1.48. The Bertz CT molecular complexity index is 671. The summed E-state index contributed by atoms with van der Waals surface area (Å²) in [7, 11) is 0. The fourth-order valence-corrected chi connectivity index (χ4v) is 4.45. The average molecular weight is 330 g/mol. The Morgan fingerprint density at radius 1 is 1.17 bits per heavy atom. The summed E-state index contributed by atoms with van der Waals surface area (Å²) < 4.78 is 6.02. The standard InChI is InChI=1S/C17H22N4OS/c1-12-3-6-17(19-18-12)21-7-8-22-16-11-20(10-15(16)21)9-14-5-4-13(2)23-14/h3-6,15-16H,7-11H2,1-2H3/t15-,16+/m0/s1. The molecule has 0 spiro atoms. The van der Waals surface area contributed by atoms with E-state index in [9.17, 15) is 0 Å². The molecule has 2 aromatic heterocycles. The monoisotopic (exact) mass is 330 g/mol. The molecule has 2 aliphatic heterocycles. The SMILES string of the molecule is Cc1ccc(N2CCO[C@@H]3CN(Cc4ccc(C)s4)C[C@@H]32)nn1. The van der Waals surface area contributed by atoms with Gasteiger partial charge in [0, 0.05) is 35.9 Å². The molecule has 0 aliphatic carbocycles. The third-order valence-corrected chi connectivity index (χ3v) is 5.62. The summed E-state index contributed by atoms with van der Waals surface area (Å²) in [5.74, 6) is 0.975. The predicted octanol–water partition coefficient (Wildman–Crippen LogP) is 2.24. The maximum Gasteiger partial charge on any atom is 0.151 e. The van der Waals surface area contributed by atoms with E-state index >= 15 is 0 Å². The molecule has 6 heteroatoms. The number of rotatable bonds is 3. The molecule has 0 amide bonds. The zero-order chi connectivity index (χ0) is 15.8. The van der Waals surface area contributed by atoms with Gasteiger partial charge in [-0.05, 0) is 38.1 Å². The summed E-state index contributed by atoms with van der Waals surface area (Å²) in [6, 6.07) is 8.94. The van der Waals surface area contributed by atoms with Crippen LogP contribution >= 0.6 is 11.3 Å². The van der Waals surface area contributed by atoms with Gasteiger partial charge in [0.2, 0.25) is 0 Å². The number of aromatic nitrogens is 2. The van der Waals surface area contributed by atoms with Crippen molar-refractivity contribution in [2.24, 2.45) is 0 Å². The van der Waals surface area contributed by atoms with Crippen molar-refractivity contribution in [3.63, 3.8) is 0 Å². The minimum atomic E-state index is 0.271. The highest BCUT2D eigenvalue weighted by molar-refractivity contribution is 7.11. The van der Waals surface area contributed by atoms with Gasteiger partial charge >= 0.3 is 0 Å². The first kappa shape index (κ1) is 15.1. The Kier molecular flexibility index (Phi) is 4.05. The summed E-state index contributed by atoms with van der Waals surface area (Å²) >= 11 is 1.89. The predicted molar refractivity (Wildman–Crippen MR) is 92.0 cm³/mol. The molecule has 122 valence electrons. The van der Waals surface area contributed by atoms with Crippen molar-refractivity contribution in [1.29, 1.82) is 0 Å². The maximum absolute atomic E-state index is 6.02. The highest BCUT2D eigenvalue weighted by Gasteiger charge is 2.40. The first-order valence-electron chi connectivity index (χ1n) is 8.15. The smallest absolute Gasteiger partial charge is 0.151 e. The zero-order valence-electron chi connectivity index (χ0n) is 13.6. The van der Waals surface area contributed by atoms with Crippen LogP contribution in [-0.2, 0) is 11.3 Å². The molecule has 2 fully saturated rings. The van der Waals surface area contributed by atoms with Crippen LogP contribution in [0.3, 0.4) is 0 Å². The molecule has 4 heterocycles. The van der Waals surface area contributed by atoms with Crippen molar-refractivity contribution in [2.75, 3.05) is 31.1 Å². The van der Waals surface area contributed by atoms with Gasteiger partial charge in [0.15, 0.2) is 5.82 Å². The molecule has 4 rings (SSSR count). The number of fused-ring (bicyclic) bond motifs is 1. The molecule has 0 bridgehead atoms. The molecule has 23 heavy (non-hydrogen) atoms. The van der Waals surface area contributed by atoms with Crippen LogP contribution in [0.25, 0.3) is 0 Å². The lowest BCUT2D eigenvalue weighted by Gasteiger charge is -2.37. The van der Waals surface area contributed by atoms with E-state index < -0.39 is 0 Å². The fourth-order valence-electron chi connectivity index (χ4n) is 3.51. The van der Waals surface area contributed by atoms with Crippen LogP contribution in [-0.4, -0.2) is 53.5 Å². The lowest BCUT2D eigenvalue weighted by molar-refractivity contribution is 0.0303. The number of anilines is 1. The van der Waals surface area contributed by atoms with Gasteiger partial charge in [-0.2, -0.15) is 5.10 Å². The van der Waals surface area contributed by atoms with Gasteiger partial charge in [-0.1, -0.05) is 0 Å². The van der Waals surface area contributed by atoms with Gasteiger partial charge in [-0.15, -0.1) is 16.4 Å². The second-order valence-electron chi connectivity index (χ2n) is 6.41. The molecule has 2 atom stereocenters. The molecular weight excluding hydrogens is 308 g/mol. The Labute approximate surface area is 140 Å². The molecule has 0 unspecified atom stereocenters. The van der Waals surface area contributed by atoms with E-state index in [4.69, 9.17) is 4.74 Å². The van der Waals surface area contributed by atoms with E-state index in [1.807, 2.05) is 24.3 Å². The number of morpholine rings is 1. The van der Waals surface area contributed by atoms with E-state index in [2.05, 4.69) is 45.1 Å². The number of ether oxygens (including phenoxy) is 1. The van der Waals surface area contributed by atoms with Gasteiger partial charge in [-0.3, -0.25) is 4.90 Å². The van der Waals surface area contributed by atoms with Crippen molar-refractivity contribution in [3.05, 3.63) is 39.7 Å². The average Bonchev–Trinajstić information content (AvgIpc) is 3.13. The van der Waals surface area contributed by atoms with Gasteiger partial charge in [0.25, 0.3) is 0 Å². The first-order chi connectivity index (χ1) is 11.2. The second-order valence-corrected chi connectivity index (χ2v) is 7.78. The molecule has 0 aromatic carbocycles. The highest BCUT2D eigenvalue weighted by atomic mass is 32.1. The number of likely N-dealkylation sites (tertiary alicyclic amines) is 1. The Morgan fingerprint density at radius 3 is 2.83 bits per heavy atom. The lowest BCUT2D eigenvalue weighted by atomic mass is 10.1. The van der Waals surface area contributed by atoms with Crippen LogP contribution < -0.4 is 4.90 Å². The third-order valence-electron chi connectivity index (χ3n) is 4.63. The number of hydrogen-bond donors (Lipinski definition) is 0. The van der Waals surface area contributed by atoms with Gasteiger partial charge < -0.3 is 9.64 Å². The topological polar surface area (TPSA) is 41.5 Å². The quantitative estimate of drug-likeness (QED) is 0.863. The summed E-state index contributed by atoms with van der Waals surface area (Å²) in [6.45, 7) is 8.84. The normalized spacial score (nSPS) is 24.9. The molecule has 0 radical (unpaired) electrons. The van der Waals surface area contributed by atoms with Crippen molar-refractivity contribution in [2.45, 2.75) is 32.5 Å². The second kappa shape index (κ2) is 6.19. The van der Waals surface area contributed by atoms with E-state index in [1.54, 1.807) is 0 Å². The van der Waals surface area contributed by atoms with Crippen LogP contribution in [0.15, 0.2) is 24.3 Å². The van der Waals surface area contributed by atoms with Gasteiger partial charge in [-0.25, -0.2) is 0 Å². The lowest BCUT2D eigenvalue weighted by Crippen LogP contribution is -2.51. The van der Waals surface area contributed by atoms with Crippen molar-refractivity contribution in [3.8, 4) is 0 Å². The highest BCUT2D eigenvalue weighted by Crippen LogP contribution is 2.28. The van der Waals surface area contributed by atoms with Crippen LogP contribution in [0.1, 0.15) is 15.4 Å². The van der Waals surface area contributed by atoms with Crippen LogP contribution in [0.2, 0.25) is 0 Å². The maximum atomic E-state index is 6.02. The number of nitrogens with zero attached hydrogens (tertiary/aromatic N) is 4. The van der Waals surface area contributed by atoms with E-state index in [1.165, 1.54) is 9.75 Å². The first-order valence-corrected chi connectivity index (χ1v) is 8.97. The van der Waals surface area contributed by atoms with Gasteiger partial charge in [0.05, 0.1) is 24.4 Å². The minimum Gasteiger partial charge on any atom is -0.373 e. The number of thiophene rings is 1. The minimum absolute atomic E-state index is 0.271.